The van der Waals surface area contributed by atoms with Crippen LogP contribution >= 0.6 is 0 Å². The molecule has 0 spiro atoms. The molecule has 5 nitrogen and oxygen atoms in total. The summed E-state index contributed by atoms with van der Waals surface area (Å²) in [6.45, 7) is 0.590. The predicted octanol–water partition coefficient (Wildman–Crippen LogP) is 1.26. The van der Waals surface area contributed by atoms with Gasteiger partial charge in [-0.05, 0) is 5.56 Å². The van der Waals surface area contributed by atoms with E-state index in [0.29, 0.717) is 6.54 Å². The van der Waals surface area contributed by atoms with E-state index in [9.17, 15) is 22.8 Å². The Morgan fingerprint density at radius 2 is 1.92 bits per heavy atom. The van der Waals surface area contributed by atoms with E-state index in [1.54, 1.807) is 4.90 Å². The van der Waals surface area contributed by atoms with E-state index in [4.69, 9.17) is 0 Å². The zero-order valence-electron chi connectivity index (χ0n) is 13.6. The maximum atomic E-state index is 13.5. The van der Waals surface area contributed by atoms with E-state index < -0.39 is 23.9 Å². The monoisotopic (exact) mass is 355 g/mol. The SMILES string of the molecule is O=C1CN(C(=O)[C@@H]2CN(Cc3ccccc3)C[C@H]2C(F)(F)F)CCN1. The smallest absolute Gasteiger partial charge is 0.353 e. The Labute approximate surface area is 143 Å². The summed E-state index contributed by atoms with van der Waals surface area (Å²) in [4.78, 5) is 27.0. The van der Waals surface area contributed by atoms with Crippen LogP contribution in [0.5, 0.6) is 0 Å². The Bertz CT molecular complexity index is 636. The van der Waals surface area contributed by atoms with Gasteiger partial charge in [-0.25, -0.2) is 0 Å². The number of hydrogen-bond acceptors (Lipinski definition) is 3. The van der Waals surface area contributed by atoms with E-state index in [1.165, 1.54) is 4.90 Å². The summed E-state index contributed by atoms with van der Waals surface area (Å²) in [6.07, 6.45) is -4.44. The number of nitrogens with one attached hydrogen (secondary N) is 1. The maximum Gasteiger partial charge on any atom is 0.393 e. The molecule has 2 amide bonds. The number of benzene rings is 1. The summed E-state index contributed by atoms with van der Waals surface area (Å²) >= 11 is 0. The topological polar surface area (TPSA) is 52.7 Å². The minimum atomic E-state index is -4.44. The number of hydrogen-bond donors (Lipinski definition) is 1. The van der Waals surface area contributed by atoms with Gasteiger partial charge in [-0.15, -0.1) is 0 Å². The molecule has 25 heavy (non-hydrogen) atoms. The fourth-order valence-electron chi connectivity index (χ4n) is 3.50. The first kappa shape index (κ1) is 17.7. The van der Waals surface area contributed by atoms with Gasteiger partial charge < -0.3 is 10.2 Å². The zero-order chi connectivity index (χ0) is 18.0. The fourth-order valence-corrected chi connectivity index (χ4v) is 3.50. The van der Waals surface area contributed by atoms with Crippen LogP contribution in [0.15, 0.2) is 30.3 Å². The lowest BCUT2D eigenvalue weighted by Gasteiger charge is -2.31. The summed E-state index contributed by atoms with van der Waals surface area (Å²) < 4.78 is 40.4. The average molecular weight is 355 g/mol. The van der Waals surface area contributed by atoms with Gasteiger partial charge in [0.25, 0.3) is 0 Å². The van der Waals surface area contributed by atoms with Crippen LogP contribution in [0.25, 0.3) is 0 Å². The number of likely N-dealkylation sites (tertiary alicyclic amines) is 1. The maximum absolute atomic E-state index is 13.5. The number of amides is 2. The Kier molecular flexibility index (Phi) is 4.99. The third-order valence-electron chi connectivity index (χ3n) is 4.73. The van der Waals surface area contributed by atoms with Gasteiger partial charge in [0.1, 0.15) is 0 Å². The van der Waals surface area contributed by atoms with Crippen molar-refractivity contribution in [2.24, 2.45) is 11.8 Å². The van der Waals surface area contributed by atoms with E-state index >= 15 is 0 Å². The van der Waals surface area contributed by atoms with E-state index in [-0.39, 0.29) is 38.6 Å². The van der Waals surface area contributed by atoms with Gasteiger partial charge in [-0.2, -0.15) is 13.2 Å². The molecule has 1 aromatic rings. The van der Waals surface area contributed by atoms with Gasteiger partial charge in [0, 0.05) is 32.7 Å². The highest BCUT2D eigenvalue weighted by Gasteiger charge is 2.53. The summed E-state index contributed by atoms with van der Waals surface area (Å²) in [6, 6.07) is 9.22. The number of alkyl halides is 3. The van der Waals surface area contributed by atoms with Crippen LogP contribution < -0.4 is 5.32 Å². The van der Waals surface area contributed by atoms with E-state index in [0.717, 1.165) is 5.56 Å². The van der Waals surface area contributed by atoms with Crippen molar-refractivity contribution in [3.63, 3.8) is 0 Å². The molecule has 2 aliphatic heterocycles. The zero-order valence-corrected chi connectivity index (χ0v) is 13.6. The second-order valence-corrected chi connectivity index (χ2v) is 6.54. The molecule has 8 heteroatoms. The third-order valence-corrected chi connectivity index (χ3v) is 4.73. The standard InChI is InChI=1S/C17H20F3N3O2/c18-17(19,20)14-10-22(8-12-4-2-1-3-5-12)9-13(14)16(25)23-7-6-21-15(24)11-23/h1-5,13-14H,6-11H2,(H,21,24)/t13-,14-/m1/s1. The first-order valence-corrected chi connectivity index (χ1v) is 8.23. The second kappa shape index (κ2) is 7.03. The Morgan fingerprint density at radius 1 is 1.20 bits per heavy atom. The molecule has 2 fully saturated rings. The molecule has 2 aliphatic rings. The molecule has 1 aromatic carbocycles. The van der Waals surface area contributed by atoms with Crippen molar-refractivity contribution in [1.29, 1.82) is 0 Å². The summed E-state index contributed by atoms with van der Waals surface area (Å²) in [5.41, 5.74) is 0.911. The Balaban J connectivity index is 1.73. The van der Waals surface area contributed by atoms with Gasteiger partial charge in [-0.1, -0.05) is 30.3 Å². The van der Waals surface area contributed by atoms with Gasteiger partial charge in [-0.3, -0.25) is 14.5 Å². The number of carbonyl (C=O) groups is 2. The lowest BCUT2D eigenvalue weighted by atomic mass is 9.94. The third kappa shape index (κ3) is 4.12. The van der Waals surface area contributed by atoms with Crippen molar-refractivity contribution in [2.75, 3.05) is 32.7 Å². The number of piperazine rings is 1. The quantitative estimate of drug-likeness (QED) is 0.888. The molecule has 0 bridgehead atoms. The number of nitrogens with zero attached hydrogens (tertiary/aromatic N) is 2. The molecule has 0 aliphatic carbocycles. The first-order chi connectivity index (χ1) is 11.8. The van der Waals surface area contributed by atoms with Crippen LogP contribution in [0.3, 0.4) is 0 Å². The van der Waals surface area contributed by atoms with Crippen molar-refractivity contribution >= 4 is 11.8 Å². The summed E-state index contributed by atoms with van der Waals surface area (Å²) in [7, 11) is 0. The number of rotatable bonds is 3. The molecular weight excluding hydrogens is 335 g/mol. The molecule has 0 aromatic heterocycles. The Hall–Kier alpha value is -2.09. The van der Waals surface area contributed by atoms with Crippen molar-refractivity contribution < 1.29 is 22.8 Å². The molecule has 1 N–H and O–H groups in total. The minimum Gasteiger partial charge on any atom is -0.353 e. The highest BCUT2D eigenvalue weighted by Crippen LogP contribution is 2.39. The largest absolute Gasteiger partial charge is 0.393 e. The molecule has 136 valence electrons. The van der Waals surface area contributed by atoms with Crippen LogP contribution in [-0.4, -0.2) is 60.5 Å². The normalized spacial score (nSPS) is 25.1. The minimum absolute atomic E-state index is 0.0516. The molecule has 0 unspecified atom stereocenters. The molecule has 2 saturated heterocycles. The number of halogens is 3. The van der Waals surface area contributed by atoms with Gasteiger partial charge in [0.2, 0.25) is 11.8 Å². The van der Waals surface area contributed by atoms with Crippen LogP contribution in [0.2, 0.25) is 0 Å². The van der Waals surface area contributed by atoms with Crippen molar-refractivity contribution in [3.05, 3.63) is 35.9 Å². The summed E-state index contributed by atoms with van der Waals surface area (Å²) in [5.74, 6) is -3.77. The molecular formula is C17H20F3N3O2. The highest BCUT2D eigenvalue weighted by atomic mass is 19.4. The lowest BCUT2D eigenvalue weighted by Crippen LogP contribution is -2.53. The van der Waals surface area contributed by atoms with Crippen molar-refractivity contribution in [2.45, 2.75) is 12.7 Å². The van der Waals surface area contributed by atoms with Crippen LogP contribution in [0, 0.1) is 11.8 Å². The van der Waals surface area contributed by atoms with Crippen LogP contribution in [0.1, 0.15) is 5.56 Å². The van der Waals surface area contributed by atoms with Crippen molar-refractivity contribution in [3.8, 4) is 0 Å². The van der Waals surface area contributed by atoms with Crippen molar-refractivity contribution in [1.82, 2.24) is 15.1 Å². The molecule has 0 saturated carbocycles. The fraction of sp³-hybridized carbons (Fsp3) is 0.529. The van der Waals surface area contributed by atoms with Crippen LogP contribution in [-0.2, 0) is 16.1 Å². The summed E-state index contributed by atoms with van der Waals surface area (Å²) in [5, 5.41) is 2.57. The average Bonchev–Trinajstić information content (AvgIpc) is 2.99. The van der Waals surface area contributed by atoms with E-state index in [2.05, 4.69) is 5.32 Å². The van der Waals surface area contributed by atoms with E-state index in [1.807, 2.05) is 30.3 Å². The molecule has 2 heterocycles. The predicted molar refractivity (Wildman–Crippen MR) is 84.3 cm³/mol. The van der Waals surface area contributed by atoms with Crippen LogP contribution in [0.4, 0.5) is 13.2 Å². The highest BCUT2D eigenvalue weighted by molar-refractivity contribution is 5.87. The second-order valence-electron chi connectivity index (χ2n) is 6.54. The van der Waals surface area contributed by atoms with Gasteiger partial charge >= 0.3 is 6.18 Å². The molecule has 0 radical (unpaired) electrons. The molecule has 2 atom stereocenters. The first-order valence-electron chi connectivity index (χ1n) is 8.23. The van der Waals surface area contributed by atoms with Gasteiger partial charge in [0.05, 0.1) is 18.4 Å². The Morgan fingerprint density at radius 3 is 2.56 bits per heavy atom. The number of carbonyl (C=O) groups excluding carboxylic acids is 2. The molecule has 3 rings (SSSR count). The van der Waals surface area contributed by atoms with Gasteiger partial charge in [0.15, 0.2) is 0 Å². The lowest BCUT2D eigenvalue weighted by molar-refractivity contribution is -0.186.